The maximum absolute atomic E-state index is 12.3. The van der Waals surface area contributed by atoms with E-state index in [-0.39, 0.29) is 5.78 Å². The number of hydrogen-bond donors (Lipinski definition) is 0. The second-order valence-electron chi connectivity index (χ2n) is 4.10. The quantitative estimate of drug-likeness (QED) is 0.683. The second-order valence-corrected chi connectivity index (χ2v) is 5.01. The summed E-state index contributed by atoms with van der Waals surface area (Å²) in [6, 6.07) is 11.4. The van der Waals surface area contributed by atoms with Crippen molar-refractivity contribution in [1.82, 2.24) is 4.98 Å². The average Bonchev–Trinajstić information content (AvgIpc) is 2.95. The van der Waals surface area contributed by atoms with E-state index in [2.05, 4.69) is 4.98 Å². The summed E-state index contributed by atoms with van der Waals surface area (Å²) in [6.45, 7) is 0. The lowest BCUT2D eigenvalue weighted by Gasteiger charge is -2.00. The first kappa shape index (κ1) is 11.9. The Labute approximate surface area is 114 Å². The molecule has 0 unspecified atom stereocenters. The van der Waals surface area contributed by atoms with Crippen LogP contribution in [0.15, 0.2) is 48.0 Å². The van der Waals surface area contributed by atoms with Crippen LogP contribution in [0, 0.1) is 0 Å². The number of carbonyl (C=O) groups is 1. The lowest BCUT2D eigenvalue weighted by atomic mass is 10.1. The van der Waals surface area contributed by atoms with E-state index in [9.17, 15) is 4.79 Å². The summed E-state index contributed by atoms with van der Waals surface area (Å²) in [5, 5.41) is 2.79. The predicted octanol–water partition coefficient (Wildman–Crippen LogP) is 3.54. The van der Waals surface area contributed by atoms with Crippen molar-refractivity contribution in [2.24, 2.45) is 0 Å². The molecule has 0 saturated carbocycles. The van der Waals surface area contributed by atoms with E-state index in [4.69, 9.17) is 4.74 Å². The Morgan fingerprint density at radius 3 is 2.89 bits per heavy atom. The third kappa shape index (κ3) is 2.22. The number of ketones is 1. The monoisotopic (exact) mass is 269 g/mol. The Kier molecular flexibility index (Phi) is 3.01. The van der Waals surface area contributed by atoms with Crippen LogP contribution >= 0.6 is 11.3 Å². The van der Waals surface area contributed by atoms with Gasteiger partial charge in [-0.15, -0.1) is 11.3 Å². The largest absolute Gasteiger partial charge is 0.496 e. The highest BCUT2D eigenvalue weighted by Gasteiger charge is 2.13. The molecule has 2 heterocycles. The van der Waals surface area contributed by atoms with Crippen molar-refractivity contribution < 1.29 is 9.53 Å². The maximum atomic E-state index is 12.3. The molecule has 0 N–H and O–H groups in total. The minimum absolute atomic E-state index is 0.0217. The molecule has 0 bridgehead atoms. The number of thiophene rings is 1. The Bertz CT molecular complexity index is 748. The van der Waals surface area contributed by atoms with Gasteiger partial charge in [-0.25, -0.2) is 0 Å². The minimum Gasteiger partial charge on any atom is -0.496 e. The number of nitrogens with zero attached hydrogens (tertiary/aromatic N) is 1. The molecule has 3 aromatic rings. The van der Waals surface area contributed by atoms with Crippen molar-refractivity contribution in [2.75, 3.05) is 7.11 Å². The van der Waals surface area contributed by atoms with Crippen molar-refractivity contribution in [2.45, 2.75) is 0 Å². The first-order valence-corrected chi connectivity index (χ1v) is 6.68. The Balaban J connectivity index is 2.01. The van der Waals surface area contributed by atoms with Crippen molar-refractivity contribution in [1.29, 1.82) is 0 Å². The lowest BCUT2D eigenvalue weighted by molar-refractivity contribution is 0.104. The van der Waals surface area contributed by atoms with Crippen LogP contribution in [0.2, 0.25) is 0 Å². The van der Waals surface area contributed by atoms with Crippen molar-refractivity contribution >= 4 is 28.0 Å². The molecule has 2 aromatic heterocycles. The van der Waals surface area contributed by atoms with Gasteiger partial charge in [-0.3, -0.25) is 9.78 Å². The minimum atomic E-state index is -0.0217. The van der Waals surface area contributed by atoms with Crippen LogP contribution in [-0.2, 0) is 0 Å². The van der Waals surface area contributed by atoms with Gasteiger partial charge in [0.2, 0.25) is 5.78 Å². The van der Waals surface area contributed by atoms with Gasteiger partial charge in [0.15, 0.2) is 0 Å². The number of pyridine rings is 1. The SMILES string of the molecule is COc1csc(C(=O)c2cnc3ccccc3c2)c1. The first-order chi connectivity index (χ1) is 9.28. The van der Waals surface area contributed by atoms with Gasteiger partial charge in [0, 0.05) is 28.6 Å². The Morgan fingerprint density at radius 2 is 2.11 bits per heavy atom. The molecular formula is C15H11NO2S. The van der Waals surface area contributed by atoms with E-state index < -0.39 is 0 Å². The third-order valence-corrected chi connectivity index (χ3v) is 3.79. The number of para-hydroxylation sites is 1. The van der Waals surface area contributed by atoms with Crippen LogP contribution in [0.1, 0.15) is 15.2 Å². The number of ether oxygens (including phenoxy) is 1. The fourth-order valence-electron chi connectivity index (χ4n) is 1.88. The summed E-state index contributed by atoms with van der Waals surface area (Å²) in [4.78, 5) is 17.3. The van der Waals surface area contributed by atoms with Crippen LogP contribution in [0.5, 0.6) is 5.75 Å². The van der Waals surface area contributed by atoms with Crippen molar-refractivity contribution in [3.05, 3.63) is 58.4 Å². The highest BCUT2D eigenvalue weighted by atomic mass is 32.1. The molecule has 1 aromatic carbocycles. The van der Waals surface area contributed by atoms with Gasteiger partial charge in [0.1, 0.15) is 5.75 Å². The highest BCUT2D eigenvalue weighted by molar-refractivity contribution is 7.12. The average molecular weight is 269 g/mol. The van der Waals surface area contributed by atoms with Gasteiger partial charge in [-0.1, -0.05) is 18.2 Å². The van der Waals surface area contributed by atoms with E-state index in [0.717, 1.165) is 10.9 Å². The smallest absolute Gasteiger partial charge is 0.204 e. The number of aromatic nitrogens is 1. The molecule has 0 aliphatic rings. The van der Waals surface area contributed by atoms with Gasteiger partial charge in [-0.05, 0) is 12.1 Å². The standard InChI is InChI=1S/C15H11NO2S/c1-18-12-7-14(19-9-12)15(17)11-6-10-4-2-3-5-13(10)16-8-11/h2-9H,1H3. The Hall–Kier alpha value is -2.20. The topological polar surface area (TPSA) is 39.2 Å². The normalized spacial score (nSPS) is 10.6. The predicted molar refractivity (Wildman–Crippen MR) is 76.0 cm³/mol. The van der Waals surface area contributed by atoms with Gasteiger partial charge >= 0.3 is 0 Å². The van der Waals surface area contributed by atoms with Crippen LogP contribution in [0.3, 0.4) is 0 Å². The molecule has 0 aliphatic carbocycles. The third-order valence-electron chi connectivity index (χ3n) is 2.89. The summed E-state index contributed by atoms with van der Waals surface area (Å²) in [7, 11) is 1.59. The zero-order chi connectivity index (χ0) is 13.2. The Morgan fingerprint density at radius 1 is 1.26 bits per heavy atom. The lowest BCUT2D eigenvalue weighted by Crippen LogP contribution is -1.99. The van der Waals surface area contributed by atoms with Crippen molar-refractivity contribution in [3.8, 4) is 5.75 Å². The second kappa shape index (κ2) is 4.82. The molecular weight excluding hydrogens is 258 g/mol. The zero-order valence-corrected chi connectivity index (χ0v) is 11.1. The summed E-state index contributed by atoms with van der Waals surface area (Å²) in [5.74, 6) is 0.689. The number of hydrogen-bond acceptors (Lipinski definition) is 4. The number of fused-ring (bicyclic) bond motifs is 1. The summed E-state index contributed by atoms with van der Waals surface area (Å²) in [6.07, 6.45) is 1.62. The molecule has 0 spiro atoms. The molecule has 94 valence electrons. The molecule has 0 fully saturated rings. The highest BCUT2D eigenvalue weighted by Crippen LogP contribution is 2.24. The molecule has 3 rings (SSSR count). The van der Waals surface area contributed by atoms with Gasteiger partial charge in [0.05, 0.1) is 17.5 Å². The van der Waals surface area contributed by atoms with E-state index in [1.165, 1.54) is 11.3 Å². The summed E-state index contributed by atoms with van der Waals surface area (Å²) in [5.41, 5.74) is 1.49. The molecule has 19 heavy (non-hydrogen) atoms. The molecule has 0 amide bonds. The van der Waals surface area contributed by atoms with E-state index >= 15 is 0 Å². The molecule has 4 heteroatoms. The summed E-state index contributed by atoms with van der Waals surface area (Å²) >= 11 is 1.38. The molecule has 0 saturated heterocycles. The zero-order valence-electron chi connectivity index (χ0n) is 10.3. The van der Waals surface area contributed by atoms with Crippen LogP contribution < -0.4 is 4.74 Å². The van der Waals surface area contributed by atoms with E-state index in [0.29, 0.717) is 16.2 Å². The number of benzene rings is 1. The van der Waals surface area contributed by atoms with E-state index in [1.54, 1.807) is 19.4 Å². The molecule has 3 nitrogen and oxygen atoms in total. The molecule has 0 atom stereocenters. The van der Waals surface area contributed by atoms with Crippen LogP contribution in [0.25, 0.3) is 10.9 Å². The first-order valence-electron chi connectivity index (χ1n) is 5.80. The van der Waals surface area contributed by atoms with Crippen molar-refractivity contribution in [3.63, 3.8) is 0 Å². The van der Waals surface area contributed by atoms with Gasteiger partial charge < -0.3 is 4.74 Å². The van der Waals surface area contributed by atoms with Crippen LogP contribution in [0.4, 0.5) is 0 Å². The molecule has 0 aliphatic heterocycles. The van der Waals surface area contributed by atoms with Gasteiger partial charge in [0.25, 0.3) is 0 Å². The van der Waals surface area contributed by atoms with Crippen LogP contribution in [-0.4, -0.2) is 17.9 Å². The van der Waals surface area contributed by atoms with E-state index in [1.807, 2.05) is 35.7 Å². The fraction of sp³-hybridized carbons (Fsp3) is 0.0667. The number of methoxy groups -OCH3 is 1. The van der Waals surface area contributed by atoms with Gasteiger partial charge in [-0.2, -0.15) is 0 Å². The fourth-order valence-corrected chi connectivity index (χ4v) is 2.70. The summed E-state index contributed by atoms with van der Waals surface area (Å²) < 4.78 is 5.09. The maximum Gasteiger partial charge on any atom is 0.204 e. The molecule has 0 radical (unpaired) electrons. The number of carbonyl (C=O) groups excluding carboxylic acids is 1. The number of rotatable bonds is 3.